The third kappa shape index (κ3) is 1.61. The van der Waals surface area contributed by atoms with Crippen molar-refractivity contribution in [3.8, 4) is 11.1 Å². The summed E-state index contributed by atoms with van der Waals surface area (Å²) >= 11 is 0. The van der Waals surface area contributed by atoms with Crippen LogP contribution in [-0.2, 0) is 0 Å². The van der Waals surface area contributed by atoms with Gasteiger partial charge in [-0.05, 0) is 29.3 Å². The predicted octanol–water partition coefficient (Wildman–Crippen LogP) is 3.04. The average Bonchev–Trinajstić information content (AvgIpc) is 2.87. The Labute approximate surface area is 98.1 Å². The molecule has 3 nitrogen and oxygen atoms in total. The normalized spacial score (nSPS) is 10.6. The number of aromatic amines is 1. The van der Waals surface area contributed by atoms with Crippen molar-refractivity contribution in [3.05, 3.63) is 54.4 Å². The quantitative estimate of drug-likeness (QED) is 0.677. The van der Waals surface area contributed by atoms with Crippen molar-refractivity contribution < 1.29 is 4.79 Å². The second kappa shape index (κ2) is 3.87. The van der Waals surface area contributed by atoms with Crippen molar-refractivity contribution in [2.75, 3.05) is 0 Å². The van der Waals surface area contributed by atoms with E-state index < -0.39 is 0 Å². The van der Waals surface area contributed by atoms with Crippen molar-refractivity contribution in [1.29, 1.82) is 0 Å². The number of aromatic nitrogens is 2. The third-order valence-corrected chi connectivity index (χ3v) is 2.79. The molecule has 0 radical (unpaired) electrons. The topological polar surface area (TPSA) is 45.8 Å². The van der Waals surface area contributed by atoms with Crippen LogP contribution in [0, 0.1) is 0 Å². The van der Waals surface area contributed by atoms with Crippen LogP contribution in [0.5, 0.6) is 0 Å². The van der Waals surface area contributed by atoms with E-state index in [0.29, 0.717) is 5.56 Å². The maximum Gasteiger partial charge on any atom is 0.150 e. The molecule has 1 N–H and O–H groups in total. The highest BCUT2D eigenvalue weighted by molar-refractivity contribution is 5.93. The van der Waals surface area contributed by atoms with E-state index in [-0.39, 0.29) is 0 Å². The molecule has 17 heavy (non-hydrogen) atoms. The summed E-state index contributed by atoms with van der Waals surface area (Å²) in [6.45, 7) is 0. The second-order valence-electron chi connectivity index (χ2n) is 3.84. The Bertz CT molecular complexity index is 685. The van der Waals surface area contributed by atoms with Gasteiger partial charge in [-0.2, -0.15) is 0 Å². The number of hydrogen-bond acceptors (Lipinski definition) is 2. The zero-order valence-corrected chi connectivity index (χ0v) is 9.05. The lowest BCUT2D eigenvalue weighted by atomic mass is 10.0. The van der Waals surface area contributed by atoms with Gasteiger partial charge in [-0.25, -0.2) is 4.98 Å². The molecule has 2 aromatic heterocycles. The highest BCUT2D eigenvalue weighted by Gasteiger charge is 2.05. The molecule has 3 heteroatoms. The van der Waals surface area contributed by atoms with E-state index in [1.165, 1.54) is 0 Å². The zero-order chi connectivity index (χ0) is 11.7. The lowest BCUT2D eigenvalue weighted by molar-refractivity contribution is 0.112. The van der Waals surface area contributed by atoms with Crippen LogP contribution in [0.3, 0.4) is 0 Å². The zero-order valence-electron chi connectivity index (χ0n) is 9.05. The average molecular weight is 222 g/mol. The first kappa shape index (κ1) is 9.78. The second-order valence-corrected chi connectivity index (χ2v) is 3.84. The highest BCUT2D eigenvalue weighted by Crippen LogP contribution is 2.27. The molecule has 0 saturated heterocycles. The maximum absolute atomic E-state index is 10.8. The summed E-state index contributed by atoms with van der Waals surface area (Å²) in [5.41, 5.74) is 3.66. The Balaban J connectivity index is 2.26. The Morgan fingerprint density at radius 2 is 2.12 bits per heavy atom. The van der Waals surface area contributed by atoms with E-state index in [2.05, 4.69) is 9.97 Å². The minimum Gasteiger partial charge on any atom is -0.346 e. The van der Waals surface area contributed by atoms with Crippen molar-refractivity contribution in [3.63, 3.8) is 0 Å². The van der Waals surface area contributed by atoms with Gasteiger partial charge in [0.2, 0.25) is 0 Å². The van der Waals surface area contributed by atoms with Crippen molar-refractivity contribution in [1.82, 2.24) is 9.97 Å². The summed E-state index contributed by atoms with van der Waals surface area (Å²) in [5.74, 6) is 0. The van der Waals surface area contributed by atoms with Gasteiger partial charge >= 0.3 is 0 Å². The van der Waals surface area contributed by atoms with Crippen LogP contribution >= 0.6 is 0 Å². The number of aldehydes is 1. The Morgan fingerprint density at radius 3 is 3.00 bits per heavy atom. The van der Waals surface area contributed by atoms with Crippen LogP contribution < -0.4 is 0 Å². The molecular formula is C14H10N2O. The molecule has 0 aliphatic heterocycles. The van der Waals surface area contributed by atoms with Crippen LogP contribution in [0.15, 0.2) is 48.8 Å². The number of fused-ring (bicyclic) bond motifs is 1. The first-order valence-corrected chi connectivity index (χ1v) is 5.36. The van der Waals surface area contributed by atoms with E-state index in [4.69, 9.17) is 0 Å². The molecular weight excluding hydrogens is 212 g/mol. The fraction of sp³-hybridized carbons (Fsp3) is 0. The number of rotatable bonds is 2. The molecule has 0 aliphatic rings. The number of carbonyl (C=O) groups excluding carboxylic acids is 1. The first-order chi connectivity index (χ1) is 8.38. The molecule has 82 valence electrons. The van der Waals surface area contributed by atoms with Gasteiger partial charge in [0.15, 0.2) is 0 Å². The van der Waals surface area contributed by atoms with Crippen LogP contribution in [0.1, 0.15) is 10.4 Å². The Morgan fingerprint density at radius 1 is 1.18 bits per heavy atom. The van der Waals surface area contributed by atoms with Crippen molar-refractivity contribution >= 4 is 17.3 Å². The van der Waals surface area contributed by atoms with Crippen LogP contribution in [0.4, 0.5) is 0 Å². The number of benzene rings is 1. The molecule has 2 heterocycles. The van der Waals surface area contributed by atoms with E-state index in [1.54, 1.807) is 12.3 Å². The van der Waals surface area contributed by atoms with Gasteiger partial charge in [-0.1, -0.05) is 18.2 Å². The van der Waals surface area contributed by atoms with Gasteiger partial charge in [0.25, 0.3) is 0 Å². The number of carbonyl (C=O) groups is 1. The minimum absolute atomic E-state index is 0.683. The molecule has 0 unspecified atom stereocenters. The number of pyridine rings is 1. The molecule has 0 spiro atoms. The lowest BCUT2D eigenvalue weighted by Crippen LogP contribution is -1.84. The van der Waals surface area contributed by atoms with E-state index in [9.17, 15) is 4.79 Å². The van der Waals surface area contributed by atoms with Gasteiger partial charge in [0.05, 0.1) is 0 Å². The number of nitrogens with zero attached hydrogens (tertiary/aromatic N) is 1. The summed E-state index contributed by atoms with van der Waals surface area (Å²) < 4.78 is 0. The lowest BCUT2D eigenvalue weighted by Gasteiger charge is -2.03. The summed E-state index contributed by atoms with van der Waals surface area (Å²) in [7, 11) is 0. The SMILES string of the molecule is O=Cc1cccc(-c2ccnc3[nH]ccc23)c1. The van der Waals surface area contributed by atoms with Crippen molar-refractivity contribution in [2.24, 2.45) is 0 Å². The number of hydrogen-bond donors (Lipinski definition) is 1. The summed E-state index contributed by atoms with van der Waals surface area (Å²) in [6.07, 6.45) is 4.49. The Hall–Kier alpha value is -2.42. The summed E-state index contributed by atoms with van der Waals surface area (Å²) in [4.78, 5) is 18.1. The minimum atomic E-state index is 0.683. The summed E-state index contributed by atoms with van der Waals surface area (Å²) in [5, 5.41) is 1.07. The predicted molar refractivity (Wildman–Crippen MR) is 66.9 cm³/mol. The standard InChI is InChI=1S/C14H10N2O/c17-9-10-2-1-3-11(8-10)12-4-6-15-14-13(12)5-7-16-14/h1-9H,(H,15,16). The largest absolute Gasteiger partial charge is 0.346 e. The molecule has 3 aromatic rings. The van der Waals surface area contributed by atoms with Crippen LogP contribution in [0.25, 0.3) is 22.2 Å². The van der Waals surface area contributed by atoms with Gasteiger partial charge in [-0.3, -0.25) is 4.79 Å². The van der Waals surface area contributed by atoms with Crippen molar-refractivity contribution in [2.45, 2.75) is 0 Å². The maximum atomic E-state index is 10.8. The monoisotopic (exact) mass is 222 g/mol. The number of nitrogens with one attached hydrogen (secondary N) is 1. The molecule has 0 atom stereocenters. The molecule has 1 aromatic carbocycles. The van der Waals surface area contributed by atoms with E-state index in [0.717, 1.165) is 28.4 Å². The van der Waals surface area contributed by atoms with E-state index >= 15 is 0 Å². The highest BCUT2D eigenvalue weighted by atomic mass is 16.1. The van der Waals surface area contributed by atoms with Crippen LogP contribution in [-0.4, -0.2) is 16.3 Å². The molecule has 0 amide bonds. The smallest absolute Gasteiger partial charge is 0.150 e. The fourth-order valence-electron chi connectivity index (χ4n) is 1.99. The van der Waals surface area contributed by atoms with Gasteiger partial charge < -0.3 is 4.98 Å². The van der Waals surface area contributed by atoms with Crippen LogP contribution in [0.2, 0.25) is 0 Å². The molecule has 0 fully saturated rings. The van der Waals surface area contributed by atoms with Gasteiger partial charge in [0.1, 0.15) is 11.9 Å². The molecule has 0 bridgehead atoms. The first-order valence-electron chi connectivity index (χ1n) is 5.36. The summed E-state index contributed by atoms with van der Waals surface area (Å²) in [6, 6.07) is 11.5. The Kier molecular flexibility index (Phi) is 2.22. The molecule has 3 rings (SSSR count). The fourth-order valence-corrected chi connectivity index (χ4v) is 1.99. The van der Waals surface area contributed by atoms with Gasteiger partial charge in [0, 0.05) is 23.3 Å². The number of H-pyrrole nitrogens is 1. The van der Waals surface area contributed by atoms with Gasteiger partial charge in [-0.15, -0.1) is 0 Å². The molecule has 0 aliphatic carbocycles. The van der Waals surface area contributed by atoms with E-state index in [1.807, 2.05) is 36.5 Å². The third-order valence-electron chi connectivity index (χ3n) is 2.79. The molecule has 0 saturated carbocycles.